The summed E-state index contributed by atoms with van der Waals surface area (Å²) in [5, 5.41) is 12.4. The number of rotatable bonds is 1. The fraction of sp³-hybridized carbons (Fsp3) is 0.176. The molecule has 0 spiro atoms. The summed E-state index contributed by atoms with van der Waals surface area (Å²) in [7, 11) is 1.77. The molecule has 4 nitrogen and oxygen atoms in total. The van der Waals surface area contributed by atoms with Crippen LogP contribution in [0.4, 0.5) is 5.69 Å². The lowest BCUT2D eigenvalue weighted by molar-refractivity contribution is 0.0734. The van der Waals surface area contributed by atoms with E-state index in [4.69, 9.17) is 5.26 Å². The van der Waals surface area contributed by atoms with Crippen LogP contribution >= 0.6 is 0 Å². The standard InChI is InChI=1S/C17H15N3O/c1-11-5-3-8-14-15(11)17(21)20(2)16(19-14)13-7-4-6-12(9-13)10-18/h3-9,16,19H,1-2H3/t16-/m1/s1. The molecule has 1 aliphatic rings. The van der Waals surface area contributed by atoms with Crippen molar-refractivity contribution in [3.63, 3.8) is 0 Å². The largest absolute Gasteiger partial charge is 0.361 e. The molecular weight excluding hydrogens is 262 g/mol. The first-order valence-electron chi connectivity index (χ1n) is 6.75. The highest BCUT2D eigenvalue weighted by atomic mass is 16.2. The third-order valence-electron chi connectivity index (χ3n) is 3.82. The van der Waals surface area contributed by atoms with Crippen LogP contribution in [0.15, 0.2) is 42.5 Å². The zero-order chi connectivity index (χ0) is 15.0. The number of nitrogens with one attached hydrogen (secondary N) is 1. The molecule has 0 aliphatic carbocycles. The molecule has 1 amide bonds. The summed E-state index contributed by atoms with van der Waals surface area (Å²) in [6.45, 7) is 1.93. The van der Waals surface area contributed by atoms with Crippen molar-refractivity contribution in [2.75, 3.05) is 12.4 Å². The quantitative estimate of drug-likeness (QED) is 0.871. The summed E-state index contributed by atoms with van der Waals surface area (Å²) >= 11 is 0. The molecule has 2 aromatic rings. The number of nitrogens with zero attached hydrogens (tertiary/aromatic N) is 2. The van der Waals surface area contributed by atoms with Crippen molar-refractivity contribution in [3.05, 3.63) is 64.7 Å². The van der Waals surface area contributed by atoms with Gasteiger partial charge in [0.05, 0.1) is 17.2 Å². The average molecular weight is 277 g/mol. The number of fused-ring (bicyclic) bond motifs is 1. The van der Waals surface area contributed by atoms with Gasteiger partial charge in [-0.2, -0.15) is 5.26 Å². The Hall–Kier alpha value is -2.80. The van der Waals surface area contributed by atoms with Gasteiger partial charge in [0.2, 0.25) is 0 Å². The molecule has 1 aliphatic heterocycles. The molecular formula is C17H15N3O. The normalized spacial score (nSPS) is 16.9. The Bertz CT molecular complexity index is 761. The molecule has 0 saturated carbocycles. The molecule has 0 aromatic heterocycles. The predicted molar refractivity (Wildman–Crippen MR) is 80.8 cm³/mol. The van der Waals surface area contributed by atoms with Gasteiger partial charge in [-0.3, -0.25) is 4.79 Å². The molecule has 0 bridgehead atoms. The second-order valence-electron chi connectivity index (χ2n) is 5.20. The summed E-state index contributed by atoms with van der Waals surface area (Å²) in [6.07, 6.45) is -0.264. The minimum absolute atomic E-state index is 0.00536. The van der Waals surface area contributed by atoms with Crippen molar-refractivity contribution in [2.24, 2.45) is 0 Å². The first-order valence-corrected chi connectivity index (χ1v) is 6.75. The minimum Gasteiger partial charge on any atom is -0.361 e. The molecule has 104 valence electrons. The molecule has 3 rings (SSSR count). The Kier molecular flexibility index (Phi) is 3.11. The van der Waals surface area contributed by atoms with Crippen LogP contribution in [0.1, 0.15) is 33.2 Å². The number of amides is 1. The monoisotopic (exact) mass is 277 g/mol. The molecule has 0 saturated heterocycles. The van der Waals surface area contributed by atoms with Gasteiger partial charge in [0.1, 0.15) is 6.17 Å². The zero-order valence-corrected chi connectivity index (χ0v) is 11.9. The molecule has 0 radical (unpaired) electrons. The first-order chi connectivity index (χ1) is 10.1. The lowest BCUT2D eigenvalue weighted by Gasteiger charge is -2.36. The number of anilines is 1. The summed E-state index contributed by atoms with van der Waals surface area (Å²) in [5.74, 6) is -0.00536. The van der Waals surface area contributed by atoms with Gasteiger partial charge in [-0.1, -0.05) is 24.3 Å². The van der Waals surface area contributed by atoms with Gasteiger partial charge in [0.15, 0.2) is 0 Å². The highest BCUT2D eigenvalue weighted by Crippen LogP contribution is 2.33. The van der Waals surface area contributed by atoms with Crippen molar-refractivity contribution >= 4 is 11.6 Å². The van der Waals surface area contributed by atoms with Crippen LogP contribution in [0.2, 0.25) is 0 Å². The Labute approximate surface area is 123 Å². The van der Waals surface area contributed by atoms with E-state index in [0.29, 0.717) is 11.1 Å². The maximum Gasteiger partial charge on any atom is 0.257 e. The van der Waals surface area contributed by atoms with Crippen LogP contribution in [0, 0.1) is 18.3 Å². The van der Waals surface area contributed by atoms with E-state index < -0.39 is 0 Å². The lowest BCUT2D eigenvalue weighted by Crippen LogP contribution is -2.40. The van der Waals surface area contributed by atoms with E-state index in [0.717, 1.165) is 16.8 Å². The number of nitriles is 1. The Balaban J connectivity index is 2.07. The number of benzene rings is 2. The molecule has 2 aromatic carbocycles. The fourth-order valence-corrected chi connectivity index (χ4v) is 2.69. The Morgan fingerprint density at radius 3 is 2.76 bits per heavy atom. The maximum absolute atomic E-state index is 12.6. The molecule has 1 heterocycles. The predicted octanol–water partition coefficient (Wildman–Crippen LogP) is 3.06. The second-order valence-corrected chi connectivity index (χ2v) is 5.20. The van der Waals surface area contributed by atoms with Gasteiger partial charge in [-0.15, -0.1) is 0 Å². The Morgan fingerprint density at radius 2 is 2.00 bits per heavy atom. The molecule has 0 fully saturated rings. The number of hydrogen-bond acceptors (Lipinski definition) is 3. The van der Waals surface area contributed by atoms with Crippen molar-refractivity contribution in [3.8, 4) is 6.07 Å². The van der Waals surface area contributed by atoms with E-state index in [9.17, 15) is 4.79 Å². The van der Waals surface area contributed by atoms with Crippen LogP contribution in [0.5, 0.6) is 0 Å². The lowest BCUT2D eigenvalue weighted by atomic mass is 9.99. The van der Waals surface area contributed by atoms with E-state index in [1.165, 1.54) is 0 Å². The van der Waals surface area contributed by atoms with Crippen LogP contribution in [-0.4, -0.2) is 17.9 Å². The van der Waals surface area contributed by atoms with Crippen molar-refractivity contribution in [1.82, 2.24) is 4.90 Å². The first kappa shape index (κ1) is 13.2. The van der Waals surface area contributed by atoms with E-state index in [1.54, 1.807) is 18.0 Å². The second kappa shape index (κ2) is 4.95. The van der Waals surface area contributed by atoms with Gasteiger partial charge in [-0.05, 0) is 36.2 Å². The van der Waals surface area contributed by atoms with Gasteiger partial charge in [-0.25, -0.2) is 0 Å². The molecule has 21 heavy (non-hydrogen) atoms. The highest BCUT2D eigenvalue weighted by molar-refractivity contribution is 6.02. The fourth-order valence-electron chi connectivity index (χ4n) is 2.69. The minimum atomic E-state index is -0.264. The van der Waals surface area contributed by atoms with E-state index in [1.807, 2.05) is 43.3 Å². The van der Waals surface area contributed by atoms with Crippen LogP contribution in [-0.2, 0) is 0 Å². The van der Waals surface area contributed by atoms with E-state index in [-0.39, 0.29) is 12.1 Å². The maximum atomic E-state index is 12.6. The average Bonchev–Trinajstić information content (AvgIpc) is 2.50. The SMILES string of the molecule is Cc1cccc2c1C(=O)N(C)[C@H](c1cccc(C#N)c1)N2. The van der Waals surface area contributed by atoms with Gasteiger partial charge in [0.25, 0.3) is 5.91 Å². The van der Waals surface area contributed by atoms with E-state index >= 15 is 0 Å². The number of hydrogen-bond donors (Lipinski definition) is 1. The smallest absolute Gasteiger partial charge is 0.257 e. The molecule has 1 N–H and O–H groups in total. The van der Waals surface area contributed by atoms with Gasteiger partial charge < -0.3 is 10.2 Å². The van der Waals surface area contributed by atoms with Crippen molar-refractivity contribution in [1.29, 1.82) is 5.26 Å². The van der Waals surface area contributed by atoms with Gasteiger partial charge >= 0.3 is 0 Å². The molecule has 1 atom stereocenters. The topological polar surface area (TPSA) is 56.1 Å². The van der Waals surface area contributed by atoms with E-state index in [2.05, 4.69) is 11.4 Å². The summed E-state index contributed by atoms with van der Waals surface area (Å²) in [4.78, 5) is 14.3. The van der Waals surface area contributed by atoms with Crippen LogP contribution < -0.4 is 5.32 Å². The van der Waals surface area contributed by atoms with Crippen molar-refractivity contribution < 1.29 is 4.79 Å². The van der Waals surface area contributed by atoms with Crippen LogP contribution in [0.25, 0.3) is 0 Å². The van der Waals surface area contributed by atoms with Crippen molar-refractivity contribution in [2.45, 2.75) is 13.1 Å². The molecule has 0 unspecified atom stereocenters. The van der Waals surface area contributed by atoms with Crippen LogP contribution in [0.3, 0.4) is 0 Å². The van der Waals surface area contributed by atoms with Gasteiger partial charge in [0, 0.05) is 12.7 Å². The number of carbonyl (C=O) groups excluding carboxylic acids is 1. The number of aryl methyl sites for hydroxylation is 1. The number of carbonyl (C=O) groups is 1. The third-order valence-corrected chi connectivity index (χ3v) is 3.82. The summed E-state index contributed by atoms with van der Waals surface area (Å²) < 4.78 is 0. The molecule has 4 heteroatoms. The summed E-state index contributed by atoms with van der Waals surface area (Å²) in [6, 6.07) is 15.2. The Morgan fingerprint density at radius 1 is 1.24 bits per heavy atom. The zero-order valence-electron chi connectivity index (χ0n) is 11.9. The summed E-state index contributed by atoms with van der Waals surface area (Å²) in [5.41, 5.74) is 4.00. The third kappa shape index (κ3) is 2.13. The highest BCUT2D eigenvalue weighted by Gasteiger charge is 2.31.